The van der Waals surface area contributed by atoms with Crippen LogP contribution in [0, 0.1) is 13.8 Å². The smallest absolute Gasteiger partial charge is 0.271 e. The van der Waals surface area contributed by atoms with Gasteiger partial charge in [0.2, 0.25) is 0 Å². The fraction of sp³-hybridized carbons (Fsp3) is 0.417. The lowest BCUT2D eigenvalue weighted by Gasteiger charge is -2.00. The topological polar surface area (TPSA) is 59.8 Å². The average molecular weight is 264 g/mol. The van der Waals surface area contributed by atoms with E-state index in [2.05, 4.69) is 15.4 Å². The van der Waals surface area contributed by atoms with Crippen molar-refractivity contribution in [1.29, 1.82) is 0 Å². The summed E-state index contributed by atoms with van der Waals surface area (Å²) in [5.74, 6) is -0.134. The Hall–Kier alpha value is -1.69. The predicted molar refractivity (Wildman–Crippen MR) is 70.8 cm³/mol. The molecule has 0 unspecified atom stereocenters. The average Bonchev–Trinajstić information content (AvgIpc) is 2.87. The van der Waals surface area contributed by atoms with E-state index >= 15 is 0 Å². The van der Waals surface area contributed by atoms with Crippen molar-refractivity contribution in [3.63, 3.8) is 0 Å². The maximum absolute atomic E-state index is 11.8. The van der Waals surface area contributed by atoms with Crippen molar-refractivity contribution in [2.24, 2.45) is 7.05 Å². The minimum absolute atomic E-state index is 0.134. The summed E-state index contributed by atoms with van der Waals surface area (Å²) in [5, 5.41) is 10.1. The van der Waals surface area contributed by atoms with E-state index in [1.807, 2.05) is 26.3 Å². The fourth-order valence-corrected chi connectivity index (χ4v) is 2.24. The molecule has 2 aromatic heterocycles. The van der Waals surface area contributed by atoms with E-state index in [0.29, 0.717) is 12.2 Å². The summed E-state index contributed by atoms with van der Waals surface area (Å²) in [6.07, 6.45) is 0.752. The molecule has 0 bridgehead atoms. The maximum atomic E-state index is 11.8. The number of carbonyl (C=O) groups is 1. The molecule has 96 valence electrons. The van der Waals surface area contributed by atoms with Crippen LogP contribution in [0.1, 0.15) is 26.9 Å². The van der Waals surface area contributed by atoms with E-state index in [4.69, 9.17) is 0 Å². The molecule has 0 spiro atoms. The molecule has 2 aromatic rings. The fourth-order valence-electron chi connectivity index (χ4n) is 1.59. The van der Waals surface area contributed by atoms with E-state index in [1.54, 1.807) is 22.1 Å². The van der Waals surface area contributed by atoms with Crippen LogP contribution in [0.15, 0.2) is 11.4 Å². The Bertz CT molecular complexity index is 539. The molecule has 1 amide bonds. The highest BCUT2D eigenvalue weighted by atomic mass is 32.1. The Balaban J connectivity index is 1.85. The third-order valence-corrected chi connectivity index (χ3v) is 3.50. The number of hydrogen-bond acceptors (Lipinski definition) is 4. The molecule has 5 nitrogen and oxygen atoms in total. The SMILES string of the molecule is Cc1nc(CCNC(=O)c2cc(C)n(C)n2)cs1. The highest BCUT2D eigenvalue weighted by molar-refractivity contribution is 7.09. The number of carbonyl (C=O) groups excluding carboxylic acids is 1. The molecule has 0 radical (unpaired) electrons. The summed E-state index contributed by atoms with van der Waals surface area (Å²) in [6.45, 7) is 4.48. The van der Waals surface area contributed by atoms with Gasteiger partial charge in [-0.15, -0.1) is 11.3 Å². The molecule has 0 aliphatic heterocycles. The molecule has 6 heteroatoms. The van der Waals surface area contributed by atoms with Gasteiger partial charge in [-0.1, -0.05) is 0 Å². The molecule has 2 heterocycles. The van der Waals surface area contributed by atoms with Gasteiger partial charge in [0.25, 0.3) is 5.91 Å². The molecule has 0 saturated carbocycles. The predicted octanol–water partition coefficient (Wildman–Crippen LogP) is 1.47. The first-order valence-electron chi connectivity index (χ1n) is 5.76. The van der Waals surface area contributed by atoms with Crippen molar-refractivity contribution < 1.29 is 4.79 Å². The van der Waals surface area contributed by atoms with Gasteiger partial charge in [-0.25, -0.2) is 4.98 Å². The van der Waals surface area contributed by atoms with E-state index in [-0.39, 0.29) is 5.91 Å². The van der Waals surface area contributed by atoms with Crippen molar-refractivity contribution >= 4 is 17.2 Å². The summed E-state index contributed by atoms with van der Waals surface area (Å²) < 4.78 is 1.69. The summed E-state index contributed by atoms with van der Waals surface area (Å²) in [4.78, 5) is 16.1. The van der Waals surface area contributed by atoms with E-state index < -0.39 is 0 Å². The molecule has 0 aliphatic carbocycles. The van der Waals surface area contributed by atoms with Crippen molar-refractivity contribution in [2.45, 2.75) is 20.3 Å². The lowest BCUT2D eigenvalue weighted by molar-refractivity contribution is 0.0948. The molecule has 0 saturated heterocycles. The summed E-state index contributed by atoms with van der Waals surface area (Å²) in [6, 6.07) is 1.78. The van der Waals surface area contributed by atoms with Crippen LogP contribution >= 0.6 is 11.3 Å². The third kappa shape index (κ3) is 2.95. The Kier molecular flexibility index (Phi) is 3.76. The molecule has 0 atom stereocenters. The molecule has 0 aromatic carbocycles. The van der Waals surface area contributed by atoms with Gasteiger partial charge in [0.05, 0.1) is 10.7 Å². The van der Waals surface area contributed by atoms with E-state index in [0.717, 1.165) is 22.8 Å². The van der Waals surface area contributed by atoms with Crippen molar-refractivity contribution in [3.05, 3.63) is 33.5 Å². The van der Waals surface area contributed by atoms with Gasteiger partial charge >= 0.3 is 0 Å². The second kappa shape index (κ2) is 5.30. The normalized spacial score (nSPS) is 10.6. The number of aryl methyl sites for hydroxylation is 3. The third-order valence-electron chi connectivity index (χ3n) is 2.68. The number of nitrogens with one attached hydrogen (secondary N) is 1. The lowest BCUT2D eigenvalue weighted by Crippen LogP contribution is -2.26. The Morgan fingerprint density at radius 1 is 1.50 bits per heavy atom. The van der Waals surface area contributed by atoms with Crippen LogP contribution in [-0.2, 0) is 13.5 Å². The van der Waals surface area contributed by atoms with Crippen LogP contribution in [0.2, 0.25) is 0 Å². The highest BCUT2D eigenvalue weighted by Crippen LogP contribution is 2.08. The van der Waals surface area contributed by atoms with Gasteiger partial charge in [-0.2, -0.15) is 5.10 Å². The number of nitrogens with zero attached hydrogens (tertiary/aromatic N) is 3. The summed E-state index contributed by atoms with van der Waals surface area (Å²) >= 11 is 1.63. The molecule has 18 heavy (non-hydrogen) atoms. The molecule has 2 rings (SSSR count). The summed E-state index contributed by atoms with van der Waals surface area (Å²) in [7, 11) is 1.82. The highest BCUT2D eigenvalue weighted by Gasteiger charge is 2.10. The zero-order chi connectivity index (χ0) is 13.1. The second-order valence-electron chi connectivity index (χ2n) is 4.16. The van der Waals surface area contributed by atoms with Crippen molar-refractivity contribution in [3.8, 4) is 0 Å². The van der Waals surface area contributed by atoms with Gasteiger partial charge in [0.1, 0.15) is 5.69 Å². The number of hydrogen-bond donors (Lipinski definition) is 1. The van der Waals surface area contributed by atoms with E-state index in [1.165, 1.54) is 0 Å². The van der Waals surface area contributed by atoms with Crippen LogP contribution in [-0.4, -0.2) is 27.2 Å². The van der Waals surface area contributed by atoms with E-state index in [9.17, 15) is 4.79 Å². The molecule has 0 aliphatic rings. The zero-order valence-electron chi connectivity index (χ0n) is 10.7. The monoisotopic (exact) mass is 264 g/mol. The van der Waals surface area contributed by atoms with Crippen LogP contribution in [0.4, 0.5) is 0 Å². The zero-order valence-corrected chi connectivity index (χ0v) is 11.5. The minimum atomic E-state index is -0.134. The van der Waals surface area contributed by atoms with Crippen molar-refractivity contribution in [1.82, 2.24) is 20.1 Å². The number of aromatic nitrogens is 3. The summed E-state index contributed by atoms with van der Waals surface area (Å²) in [5.41, 5.74) is 2.45. The van der Waals surface area contributed by atoms with Gasteiger partial charge in [0, 0.05) is 31.1 Å². The van der Waals surface area contributed by atoms with Gasteiger partial charge < -0.3 is 5.32 Å². The Morgan fingerprint density at radius 2 is 2.28 bits per heavy atom. The standard InChI is InChI=1S/C12H16N4OS/c1-8-6-11(15-16(8)3)12(17)13-5-4-10-7-18-9(2)14-10/h6-7H,4-5H2,1-3H3,(H,13,17). The van der Waals surface area contributed by atoms with Crippen molar-refractivity contribution in [2.75, 3.05) is 6.54 Å². The number of rotatable bonds is 4. The number of thiazole rings is 1. The van der Waals surface area contributed by atoms with Crippen LogP contribution in [0.5, 0.6) is 0 Å². The first kappa shape index (κ1) is 12.8. The van der Waals surface area contributed by atoms with Crippen LogP contribution in [0.25, 0.3) is 0 Å². The molecular formula is C12H16N4OS. The van der Waals surface area contributed by atoms with Crippen LogP contribution < -0.4 is 5.32 Å². The van der Waals surface area contributed by atoms with Gasteiger partial charge in [-0.05, 0) is 19.9 Å². The number of amides is 1. The maximum Gasteiger partial charge on any atom is 0.271 e. The minimum Gasteiger partial charge on any atom is -0.350 e. The first-order chi connectivity index (χ1) is 8.56. The lowest BCUT2D eigenvalue weighted by atomic mass is 10.3. The largest absolute Gasteiger partial charge is 0.350 e. The van der Waals surface area contributed by atoms with Gasteiger partial charge in [0.15, 0.2) is 0 Å². The molecule has 0 fully saturated rings. The molecular weight excluding hydrogens is 248 g/mol. The Labute approximate surface area is 110 Å². The quantitative estimate of drug-likeness (QED) is 0.909. The van der Waals surface area contributed by atoms with Crippen LogP contribution in [0.3, 0.4) is 0 Å². The Morgan fingerprint density at radius 3 is 2.83 bits per heavy atom. The first-order valence-corrected chi connectivity index (χ1v) is 6.64. The van der Waals surface area contributed by atoms with Gasteiger partial charge in [-0.3, -0.25) is 9.48 Å². The molecule has 1 N–H and O–H groups in total. The second-order valence-corrected chi connectivity index (χ2v) is 5.22.